The van der Waals surface area contributed by atoms with Crippen LogP contribution in [0.1, 0.15) is 55.1 Å². The molecule has 3 rings (SSSR count). The van der Waals surface area contributed by atoms with Crippen molar-refractivity contribution >= 4 is 17.7 Å². The van der Waals surface area contributed by atoms with E-state index in [9.17, 15) is 4.79 Å². The molecular formula is C18H24N6O. The van der Waals surface area contributed by atoms with Crippen LogP contribution in [0, 0.1) is 20.8 Å². The molecule has 0 radical (unpaired) electrons. The van der Waals surface area contributed by atoms with E-state index in [1.807, 2.05) is 44.7 Å². The highest BCUT2D eigenvalue weighted by molar-refractivity contribution is 5.76. The van der Waals surface area contributed by atoms with Gasteiger partial charge in [-0.2, -0.15) is 0 Å². The van der Waals surface area contributed by atoms with Crippen LogP contribution in [0.15, 0.2) is 12.1 Å². The van der Waals surface area contributed by atoms with E-state index >= 15 is 0 Å². The fourth-order valence-corrected chi connectivity index (χ4v) is 3.24. The van der Waals surface area contributed by atoms with Crippen molar-refractivity contribution in [3.8, 4) is 0 Å². The molecule has 1 fully saturated rings. The molecule has 0 spiro atoms. The number of aromatic nitrogens is 4. The number of anilines is 2. The Bertz CT molecular complexity index is 771. The maximum atomic E-state index is 12.2. The normalized spacial score (nSPS) is 17.0. The van der Waals surface area contributed by atoms with Crippen LogP contribution in [0.3, 0.4) is 0 Å². The summed E-state index contributed by atoms with van der Waals surface area (Å²) in [6, 6.07) is 3.74. The third-order valence-electron chi connectivity index (χ3n) is 4.27. The Hall–Kier alpha value is -2.57. The molecule has 7 heteroatoms. The molecule has 1 saturated heterocycles. The van der Waals surface area contributed by atoms with Crippen LogP contribution < -0.4 is 5.32 Å². The molecule has 3 heterocycles. The number of hydrogen-bond acceptors (Lipinski definition) is 6. The number of carbonyl (C=O) groups is 1. The summed E-state index contributed by atoms with van der Waals surface area (Å²) >= 11 is 0. The molecular weight excluding hydrogens is 316 g/mol. The maximum Gasteiger partial charge on any atom is 0.228 e. The number of likely N-dealkylation sites (tertiary alicyclic amines) is 1. The van der Waals surface area contributed by atoms with Gasteiger partial charge in [0.2, 0.25) is 11.9 Å². The number of carbonyl (C=O) groups excluding carboxylic acids is 1. The highest BCUT2D eigenvalue weighted by Gasteiger charge is 2.31. The molecule has 0 saturated carbocycles. The summed E-state index contributed by atoms with van der Waals surface area (Å²) in [5, 5.41) is 3.17. The first-order valence-corrected chi connectivity index (χ1v) is 8.70. The second-order valence-electron chi connectivity index (χ2n) is 6.45. The van der Waals surface area contributed by atoms with Gasteiger partial charge in [-0.3, -0.25) is 4.79 Å². The van der Waals surface area contributed by atoms with E-state index in [2.05, 4.69) is 25.3 Å². The summed E-state index contributed by atoms with van der Waals surface area (Å²) in [7, 11) is 0. The molecule has 1 amide bonds. The Labute approximate surface area is 147 Å². The molecule has 0 aliphatic carbocycles. The molecule has 2 aromatic rings. The van der Waals surface area contributed by atoms with E-state index in [0.29, 0.717) is 24.0 Å². The van der Waals surface area contributed by atoms with Gasteiger partial charge in [-0.05, 0) is 39.7 Å². The fraction of sp³-hybridized carbons (Fsp3) is 0.500. The van der Waals surface area contributed by atoms with Crippen molar-refractivity contribution in [2.45, 2.75) is 53.0 Å². The van der Waals surface area contributed by atoms with Gasteiger partial charge < -0.3 is 10.2 Å². The quantitative estimate of drug-likeness (QED) is 0.921. The first-order chi connectivity index (χ1) is 12.0. The summed E-state index contributed by atoms with van der Waals surface area (Å²) in [6.07, 6.45) is 2.38. The highest BCUT2D eigenvalue weighted by atomic mass is 16.2. The zero-order chi connectivity index (χ0) is 18.0. The summed E-state index contributed by atoms with van der Waals surface area (Å²) in [5.41, 5.74) is 2.65. The molecule has 1 atom stereocenters. The van der Waals surface area contributed by atoms with Crippen LogP contribution in [-0.2, 0) is 4.79 Å². The molecule has 1 aliphatic rings. The lowest BCUT2D eigenvalue weighted by atomic mass is 10.2. The van der Waals surface area contributed by atoms with Gasteiger partial charge in [0.05, 0.1) is 6.04 Å². The van der Waals surface area contributed by atoms with Crippen LogP contribution in [0.5, 0.6) is 0 Å². The molecule has 1 aliphatic heterocycles. The predicted molar refractivity (Wildman–Crippen MR) is 95.5 cm³/mol. The summed E-state index contributed by atoms with van der Waals surface area (Å²) in [4.78, 5) is 32.1. The van der Waals surface area contributed by atoms with Crippen LogP contribution in [0.4, 0.5) is 11.8 Å². The molecule has 7 nitrogen and oxygen atoms in total. The van der Waals surface area contributed by atoms with Crippen LogP contribution in [0.25, 0.3) is 0 Å². The zero-order valence-corrected chi connectivity index (χ0v) is 15.2. The Kier molecular flexibility index (Phi) is 4.92. The lowest BCUT2D eigenvalue weighted by molar-refractivity contribution is -0.131. The summed E-state index contributed by atoms with van der Waals surface area (Å²) < 4.78 is 0. The number of amides is 1. The van der Waals surface area contributed by atoms with E-state index in [4.69, 9.17) is 0 Å². The summed E-state index contributed by atoms with van der Waals surface area (Å²) in [6.45, 7) is 8.46. The monoisotopic (exact) mass is 340 g/mol. The van der Waals surface area contributed by atoms with Crippen molar-refractivity contribution < 1.29 is 4.79 Å². The van der Waals surface area contributed by atoms with Gasteiger partial charge in [0.15, 0.2) is 5.82 Å². The fourth-order valence-electron chi connectivity index (χ4n) is 3.24. The standard InChI is InChI=1S/C18H24N6O/c1-5-16(25)24-8-6-7-14(24)17-19-13(4)10-15(22-17)23-18-20-11(2)9-12(3)21-18/h9-10,14H,5-8H2,1-4H3,(H,19,20,21,22,23)/t14-/m1/s1. The third kappa shape index (κ3) is 3.92. The van der Waals surface area contributed by atoms with E-state index in [-0.39, 0.29) is 11.9 Å². The van der Waals surface area contributed by atoms with E-state index in [1.165, 1.54) is 0 Å². The van der Waals surface area contributed by atoms with Crippen molar-refractivity contribution in [1.82, 2.24) is 24.8 Å². The minimum atomic E-state index is -0.0481. The number of nitrogens with zero attached hydrogens (tertiary/aromatic N) is 5. The van der Waals surface area contributed by atoms with E-state index in [1.54, 1.807) is 0 Å². The second kappa shape index (κ2) is 7.13. The van der Waals surface area contributed by atoms with Crippen molar-refractivity contribution in [1.29, 1.82) is 0 Å². The largest absolute Gasteiger partial charge is 0.332 e. The number of rotatable bonds is 4. The summed E-state index contributed by atoms with van der Waals surface area (Å²) in [5.74, 6) is 2.02. The second-order valence-corrected chi connectivity index (χ2v) is 6.45. The van der Waals surface area contributed by atoms with Crippen LogP contribution in [-0.4, -0.2) is 37.3 Å². The first-order valence-electron chi connectivity index (χ1n) is 8.70. The van der Waals surface area contributed by atoms with Gasteiger partial charge >= 0.3 is 0 Å². The molecule has 2 aromatic heterocycles. The van der Waals surface area contributed by atoms with E-state index < -0.39 is 0 Å². The SMILES string of the molecule is CCC(=O)N1CCC[C@@H]1c1nc(C)cc(Nc2nc(C)cc(C)n2)n1. The molecule has 0 unspecified atom stereocenters. The highest BCUT2D eigenvalue weighted by Crippen LogP contribution is 2.31. The van der Waals surface area contributed by atoms with Crippen molar-refractivity contribution in [3.63, 3.8) is 0 Å². The van der Waals surface area contributed by atoms with Crippen LogP contribution >= 0.6 is 0 Å². The first kappa shape index (κ1) is 17.3. The van der Waals surface area contributed by atoms with Gasteiger partial charge in [0.25, 0.3) is 0 Å². The van der Waals surface area contributed by atoms with Gasteiger partial charge in [0.1, 0.15) is 5.82 Å². The van der Waals surface area contributed by atoms with Crippen molar-refractivity contribution in [2.24, 2.45) is 0 Å². The molecule has 1 N–H and O–H groups in total. The average molecular weight is 340 g/mol. The molecule has 0 aromatic carbocycles. The Morgan fingerprint density at radius 1 is 1.12 bits per heavy atom. The lowest BCUT2D eigenvalue weighted by Gasteiger charge is -2.23. The van der Waals surface area contributed by atoms with Crippen molar-refractivity contribution in [3.05, 3.63) is 35.0 Å². The topological polar surface area (TPSA) is 83.9 Å². The van der Waals surface area contributed by atoms with E-state index in [0.717, 1.165) is 36.5 Å². The number of nitrogens with one attached hydrogen (secondary N) is 1. The zero-order valence-electron chi connectivity index (χ0n) is 15.2. The molecule has 25 heavy (non-hydrogen) atoms. The van der Waals surface area contributed by atoms with Gasteiger partial charge in [-0.15, -0.1) is 0 Å². The van der Waals surface area contributed by atoms with Gasteiger partial charge in [0, 0.05) is 36.1 Å². The molecule has 0 bridgehead atoms. The Morgan fingerprint density at radius 3 is 2.48 bits per heavy atom. The maximum absolute atomic E-state index is 12.2. The number of aryl methyl sites for hydroxylation is 3. The molecule has 132 valence electrons. The van der Waals surface area contributed by atoms with Crippen LogP contribution in [0.2, 0.25) is 0 Å². The van der Waals surface area contributed by atoms with Gasteiger partial charge in [-0.25, -0.2) is 19.9 Å². The minimum absolute atomic E-state index is 0.0481. The minimum Gasteiger partial charge on any atom is -0.332 e. The van der Waals surface area contributed by atoms with Gasteiger partial charge in [-0.1, -0.05) is 6.92 Å². The number of hydrogen-bond donors (Lipinski definition) is 1. The average Bonchev–Trinajstić information content (AvgIpc) is 3.02. The predicted octanol–water partition coefficient (Wildman–Crippen LogP) is 3.01. The third-order valence-corrected chi connectivity index (χ3v) is 4.27. The van der Waals surface area contributed by atoms with Crippen molar-refractivity contribution in [2.75, 3.05) is 11.9 Å². The lowest BCUT2D eigenvalue weighted by Crippen LogP contribution is -2.31. The Balaban J connectivity index is 1.89. The smallest absolute Gasteiger partial charge is 0.228 e. The Morgan fingerprint density at radius 2 is 1.80 bits per heavy atom.